The van der Waals surface area contributed by atoms with E-state index >= 15 is 0 Å². The molecule has 5 heterocycles. The van der Waals surface area contributed by atoms with E-state index in [0.29, 0.717) is 24.3 Å². The molecule has 0 spiro atoms. The van der Waals surface area contributed by atoms with Gasteiger partial charge in [-0.2, -0.15) is 0 Å². The van der Waals surface area contributed by atoms with Crippen molar-refractivity contribution in [3.8, 4) is 0 Å². The number of esters is 1. The number of imidazole rings is 1. The third-order valence-corrected chi connectivity index (χ3v) is 11.1. The van der Waals surface area contributed by atoms with Gasteiger partial charge in [-0.05, 0) is 62.0 Å². The number of aromatic nitrogens is 2. The van der Waals surface area contributed by atoms with Crippen molar-refractivity contribution in [2.45, 2.75) is 100 Å². The number of ether oxygens (including phenoxy) is 1. The van der Waals surface area contributed by atoms with Crippen molar-refractivity contribution in [1.82, 2.24) is 19.6 Å². The predicted molar refractivity (Wildman–Crippen MR) is 178 cm³/mol. The average molecular weight is 633 g/mol. The smallest absolute Gasteiger partial charge is 0.338 e. The summed E-state index contributed by atoms with van der Waals surface area (Å²) in [6.07, 6.45) is 24.1. The van der Waals surface area contributed by atoms with Crippen LogP contribution in [-0.2, 0) is 14.5 Å². The molecule has 0 bridgehead atoms. The molecule has 2 N–H and O–H groups in total. The fourth-order valence-electron chi connectivity index (χ4n) is 7.34. The van der Waals surface area contributed by atoms with Gasteiger partial charge in [0, 0.05) is 34.6 Å². The minimum Gasteiger partial charge on any atom is -0.465 e. The molecule has 2 aliphatic carbocycles. The fraction of sp³-hybridized carbons (Fsp3) is 0.559. The van der Waals surface area contributed by atoms with E-state index in [-0.39, 0.29) is 23.4 Å². The number of hydrogen-bond donors (Lipinski definition) is 2. The van der Waals surface area contributed by atoms with Gasteiger partial charge in [-0.3, -0.25) is 14.7 Å². The number of carbonyl (C=O) groups excluding carboxylic acids is 1. The maximum Gasteiger partial charge on any atom is 0.338 e. The number of fused-ring (bicyclic) bond motifs is 2. The molecule has 0 amide bonds. The van der Waals surface area contributed by atoms with Crippen LogP contribution in [0.5, 0.6) is 0 Å². The summed E-state index contributed by atoms with van der Waals surface area (Å²) < 4.78 is 7.08. The first-order valence-electron chi connectivity index (χ1n) is 16.5. The van der Waals surface area contributed by atoms with Gasteiger partial charge in [0.15, 0.2) is 0 Å². The van der Waals surface area contributed by atoms with Crippen molar-refractivity contribution < 1.29 is 19.3 Å². The van der Waals surface area contributed by atoms with Gasteiger partial charge < -0.3 is 15.0 Å². The Hall–Kier alpha value is -3.12. The van der Waals surface area contributed by atoms with Crippen molar-refractivity contribution in [2.75, 3.05) is 26.1 Å². The SMILES string of the molecule is COOCC1=CC2=NC(C3CC=C(c4nc5cc(C(=O)OC)ccn5c4NC4CCCCC4)S3)C(NC3CCCCC3)N2C=C1. The van der Waals surface area contributed by atoms with E-state index in [1.165, 1.54) is 70.5 Å². The molecular weight excluding hydrogens is 588 g/mol. The van der Waals surface area contributed by atoms with E-state index in [1.54, 1.807) is 0 Å². The summed E-state index contributed by atoms with van der Waals surface area (Å²) in [6.45, 7) is 0.386. The molecule has 2 fully saturated rings. The molecule has 10 nitrogen and oxygen atoms in total. The Balaban J connectivity index is 1.17. The van der Waals surface area contributed by atoms with E-state index in [9.17, 15) is 4.79 Å². The second-order valence-electron chi connectivity index (χ2n) is 12.7. The van der Waals surface area contributed by atoms with Gasteiger partial charge in [0.25, 0.3) is 0 Å². The molecular formula is C34H44N6O4S. The van der Waals surface area contributed by atoms with Crippen molar-refractivity contribution >= 4 is 39.9 Å². The molecule has 45 heavy (non-hydrogen) atoms. The molecule has 7 rings (SSSR count). The standard InChI is InChI=1S/C34H44N6O4S/c1-42-34(41)23-16-18-40-29(20-23)38-31(33(40)36-25-11-7-4-8-12-25)27-14-13-26(45-27)30-32(35-24-9-5-3-6-10-24)39-17-15-22(21-44-43-2)19-28(39)37-30/h14-20,24-26,30,32,35-36H,3-13,21H2,1-2H3. The molecule has 0 radical (unpaired) electrons. The molecule has 0 aromatic carbocycles. The van der Waals surface area contributed by atoms with Crippen molar-refractivity contribution in [1.29, 1.82) is 0 Å². The molecule has 3 aliphatic heterocycles. The molecule has 0 saturated heterocycles. The number of amidine groups is 1. The van der Waals surface area contributed by atoms with Gasteiger partial charge in [0.2, 0.25) is 0 Å². The van der Waals surface area contributed by atoms with E-state index in [4.69, 9.17) is 24.5 Å². The van der Waals surface area contributed by atoms with Crippen LogP contribution in [0.25, 0.3) is 10.6 Å². The highest BCUT2D eigenvalue weighted by Crippen LogP contribution is 2.46. The highest BCUT2D eigenvalue weighted by atomic mass is 32.2. The van der Waals surface area contributed by atoms with Gasteiger partial charge in [0.1, 0.15) is 35.8 Å². The second-order valence-corrected chi connectivity index (χ2v) is 14.0. The third kappa shape index (κ3) is 6.45. The lowest BCUT2D eigenvalue weighted by atomic mass is 9.94. The second kappa shape index (κ2) is 13.7. The monoisotopic (exact) mass is 632 g/mol. The Bertz CT molecular complexity index is 1520. The maximum absolute atomic E-state index is 12.3. The van der Waals surface area contributed by atoms with Gasteiger partial charge in [-0.25, -0.2) is 19.6 Å². The Kier molecular flexibility index (Phi) is 9.30. The summed E-state index contributed by atoms with van der Waals surface area (Å²) in [5.74, 6) is 1.63. The molecule has 5 aliphatic rings. The number of nitrogens with zero attached hydrogens (tertiary/aromatic N) is 4. The van der Waals surface area contributed by atoms with Crippen LogP contribution >= 0.6 is 11.8 Å². The lowest BCUT2D eigenvalue weighted by Gasteiger charge is -2.35. The summed E-state index contributed by atoms with van der Waals surface area (Å²) in [7, 11) is 2.95. The van der Waals surface area contributed by atoms with Crippen molar-refractivity contribution in [3.63, 3.8) is 0 Å². The maximum atomic E-state index is 12.3. The number of hydrogen-bond acceptors (Lipinski definition) is 10. The molecule has 2 saturated carbocycles. The van der Waals surface area contributed by atoms with Gasteiger partial charge >= 0.3 is 5.97 Å². The van der Waals surface area contributed by atoms with E-state index < -0.39 is 0 Å². The van der Waals surface area contributed by atoms with Crippen molar-refractivity contribution in [3.05, 3.63) is 59.6 Å². The van der Waals surface area contributed by atoms with Crippen LogP contribution < -0.4 is 10.6 Å². The first kappa shape index (κ1) is 30.5. The molecule has 2 aromatic heterocycles. The summed E-state index contributed by atoms with van der Waals surface area (Å²) in [6, 6.07) is 4.63. The zero-order valence-corrected chi connectivity index (χ0v) is 27.1. The summed E-state index contributed by atoms with van der Waals surface area (Å²) in [4.78, 5) is 36.3. The van der Waals surface area contributed by atoms with Gasteiger partial charge in [-0.1, -0.05) is 44.6 Å². The van der Waals surface area contributed by atoms with Crippen LogP contribution in [0.4, 0.5) is 5.82 Å². The number of nitrogens with one attached hydrogen (secondary N) is 2. The molecule has 11 heteroatoms. The highest BCUT2D eigenvalue weighted by molar-refractivity contribution is 8.09. The van der Waals surface area contributed by atoms with Gasteiger partial charge in [-0.15, -0.1) is 11.8 Å². The number of carbonyl (C=O) groups is 1. The molecule has 3 atom stereocenters. The topological polar surface area (TPSA) is 102 Å². The molecule has 2 aromatic rings. The van der Waals surface area contributed by atoms with E-state index in [2.05, 4.69) is 44.4 Å². The lowest BCUT2D eigenvalue weighted by Crippen LogP contribution is -2.54. The van der Waals surface area contributed by atoms with Crippen molar-refractivity contribution in [2.24, 2.45) is 4.99 Å². The summed E-state index contributed by atoms with van der Waals surface area (Å²) in [5, 5.41) is 8.15. The Morgan fingerprint density at radius 1 is 1.07 bits per heavy atom. The average Bonchev–Trinajstić information content (AvgIpc) is 3.80. The molecule has 240 valence electrons. The number of methoxy groups -OCH3 is 1. The predicted octanol–water partition coefficient (Wildman–Crippen LogP) is 6.07. The van der Waals surface area contributed by atoms with Crippen LogP contribution in [0.15, 0.2) is 53.3 Å². The normalized spacial score (nSPS) is 25.7. The number of allylic oxidation sites excluding steroid dienone is 1. The molecule has 3 unspecified atom stereocenters. The quantitative estimate of drug-likeness (QED) is 0.184. The van der Waals surface area contributed by atoms with Crippen LogP contribution in [0.1, 0.15) is 86.7 Å². The van der Waals surface area contributed by atoms with Crippen LogP contribution in [-0.4, -0.2) is 76.5 Å². The zero-order valence-electron chi connectivity index (χ0n) is 26.2. The first-order valence-corrected chi connectivity index (χ1v) is 17.4. The van der Waals surface area contributed by atoms with Gasteiger partial charge in [0.05, 0.1) is 25.8 Å². The number of thioether (sulfide) groups is 1. The Labute approximate surface area is 269 Å². The van der Waals surface area contributed by atoms with Crippen LogP contribution in [0.3, 0.4) is 0 Å². The Morgan fingerprint density at radius 2 is 1.84 bits per heavy atom. The van der Waals surface area contributed by atoms with Crippen LogP contribution in [0.2, 0.25) is 0 Å². The van der Waals surface area contributed by atoms with E-state index in [1.807, 2.05) is 30.1 Å². The fourth-order valence-corrected chi connectivity index (χ4v) is 8.66. The van der Waals surface area contributed by atoms with Crippen LogP contribution in [0, 0.1) is 0 Å². The highest BCUT2D eigenvalue weighted by Gasteiger charge is 2.43. The zero-order chi connectivity index (χ0) is 30.8. The minimum atomic E-state index is -0.355. The Morgan fingerprint density at radius 3 is 2.60 bits per heavy atom. The number of pyridine rings is 1. The number of aliphatic imine (C=N–C) groups is 1. The van der Waals surface area contributed by atoms with E-state index in [0.717, 1.165) is 47.8 Å². The summed E-state index contributed by atoms with van der Waals surface area (Å²) >= 11 is 1.88. The third-order valence-electron chi connectivity index (χ3n) is 9.71. The minimum absolute atomic E-state index is 0.0713. The largest absolute Gasteiger partial charge is 0.465 e. The number of anilines is 1. The summed E-state index contributed by atoms with van der Waals surface area (Å²) in [5.41, 5.74) is 3.24. The number of rotatable bonds is 10. The first-order chi connectivity index (χ1) is 22.1. The lowest BCUT2D eigenvalue weighted by molar-refractivity contribution is -0.264.